The number of aryl methyl sites for hydroxylation is 1. The Bertz CT molecular complexity index is 703. The van der Waals surface area contributed by atoms with E-state index in [0.717, 1.165) is 5.56 Å². The third-order valence-corrected chi connectivity index (χ3v) is 5.80. The van der Waals surface area contributed by atoms with Gasteiger partial charge >= 0.3 is 12.0 Å². The maximum absolute atomic E-state index is 12.5. The molecular formula is C21H29N3O4. The van der Waals surface area contributed by atoms with Crippen molar-refractivity contribution in [2.45, 2.75) is 45.1 Å². The zero-order valence-corrected chi connectivity index (χ0v) is 16.4. The highest BCUT2D eigenvalue weighted by Crippen LogP contribution is 2.24. The lowest BCUT2D eigenvalue weighted by Crippen LogP contribution is -2.55. The van der Waals surface area contributed by atoms with E-state index in [4.69, 9.17) is 5.11 Å². The third kappa shape index (κ3) is 5.24. The molecule has 2 N–H and O–H groups in total. The lowest BCUT2D eigenvalue weighted by atomic mass is 9.86. The summed E-state index contributed by atoms with van der Waals surface area (Å²) >= 11 is 0. The summed E-state index contributed by atoms with van der Waals surface area (Å²) in [4.78, 5) is 39.6. The van der Waals surface area contributed by atoms with Crippen LogP contribution in [0.25, 0.3) is 0 Å². The molecule has 0 unspecified atom stereocenters. The number of hydrogen-bond donors (Lipinski definition) is 2. The molecule has 3 amide bonds. The Hall–Kier alpha value is -2.57. The van der Waals surface area contributed by atoms with Gasteiger partial charge in [0.1, 0.15) is 0 Å². The molecule has 0 atom stereocenters. The molecular weight excluding hydrogens is 358 g/mol. The van der Waals surface area contributed by atoms with E-state index in [1.54, 1.807) is 4.90 Å². The van der Waals surface area contributed by atoms with E-state index >= 15 is 0 Å². The molecule has 1 aliphatic heterocycles. The number of rotatable bonds is 4. The second-order valence-corrected chi connectivity index (χ2v) is 7.87. The minimum Gasteiger partial charge on any atom is -0.481 e. The molecule has 28 heavy (non-hydrogen) atoms. The maximum atomic E-state index is 12.5. The van der Waals surface area contributed by atoms with Crippen molar-refractivity contribution < 1.29 is 19.5 Å². The molecule has 7 nitrogen and oxygen atoms in total. The van der Waals surface area contributed by atoms with Crippen LogP contribution >= 0.6 is 0 Å². The molecule has 1 aromatic rings. The zero-order chi connectivity index (χ0) is 20.1. The Labute approximate surface area is 165 Å². The van der Waals surface area contributed by atoms with Gasteiger partial charge in [-0.2, -0.15) is 0 Å². The SMILES string of the molecule is Cc1ccc(CC(=O)N2CCN(C(=O)NC3CCC(C(=O)O)CC3)CC2)cc1. The second-order valence-electron chi connectivity index (χ2n) is 7.87. The zero-order valence-electron chi connectivity index (χ0n) is 16.4. The summed E-state index contributed by atoms with van der Waals surface area (Å²) in [6.45, 7) is 4.16. The lowest BCUT2D eigenvalue weighted by Gasteiger charge is -2.36. The molecule has 7 heteroatoms. The van der Waals surface area contributed by atoms with Crippen LogP contribution in [-0.4, -0.2) is 65.0 Å². The van der Waals surface area contributed by atoms with Gasteiger partial charge in [-0.05, 0) is 38.2 Å². The van der Waals surface area contributed by atoms with Crippen molar-refractivity contribution in [2.24, 2.45) is 5.92 Å². The van der Waals surface area contributed by atoms with Crippen LogP contribution in [0.2, 0.25) is 0 Å². The number of urea groups is 1. The van der Waals surface area contributed by atoms with Gasteiger partial charge in [-0.15, -0.1) is 0 Å². The van der Waals surface area contributed by atoms with Gasteiger partial charge in [-0.1, -0.05) is 29.8 Å². The standard InChI is InChI=1S/C21H29N3O4/c1-15-2-4-16(5-3-15)14-19(25)23-10-12-24(13-11-23)21(28)22-18-8-6-17(7-9-18)20(26)27/h2-5,17-18H,6-14H2,1H3,(H,22,28)(H,26,27). The molecule has 1 aromatic carbocycles. The van der Waals surface area contributed by atoms with E-state index in [-0.39, 0.29) is 23.9 Å². The number of benzene rings is 1. The Morgan fingerprint density at radius 2 is 1.54 bits per heavy atom. The van der Waals surface area contributed by atoms with Gasteiger partial charge in [-0.3, -0.25) is 9.59 Å². The molecule has 2 fully saturated rings. The van der Waals surface area contributed by atoms with Crippen molar-refractivity contribution >= 4 is 17.9 Å². The fourth-order valence-electron chi connectivity index (χ4n) is 3.90. The van der Waals surface area contributed by atoms with Gasteiger partial charge < -0.3 is 20.2 Å². The third-order valence-electron chi connectivity index (χ3n) is 5.80. The van der Waals surface area contributed by atoms with E-state index in [9.17, 15) is 14.4 Å². The largest absolute Gasteiger partial charge is 0.481 e. The molecule has 0 radical (unpaired) electrons. The molecule has 1 heterocycles. The van der Waals surface area contributed by atoms with Crippen LogP contribution in [0.1, 0.15) is 36.8 Å². The summed E-state index contributed by atoms with van der Waals surface area (Å²) in [6.07, 6.45) is 3.03. The van der Waals surface area contributed by atoms with Gasteiger partial charge in [0.2, 0.25) is 5.91 Å². The van der Waals surface area contributed by atoms with Crippen molar-refractivity contribution in [3.8, 4) is 0 Å². The minimum atomic E-state index is -0.740. The second kappa shape index (κ2) is 9.08. The maximum Gasteiger partial charge on any atom is 0.317 e. The van der Waals surface area contributed by atoms with Crippen LogP contribution in [0.4, 0.5) is 4.79 Å². The molecule has 1 saturated carbocycles. The summed E-state index contributed by atoms with van der Waals surface area (Å²) in [6, 6.07) is 7.92. The first-order valence-corrected chi connectivity index (χ1v) is 10.0. The van der Waals surface area contributed by atoms with Crippen LogP contribution in [0, 0.1) is 12.8 Å². The first kappa shape index (κ1) is 20.2. The van der Waals surface area contributed by atoms with Gasteiger partial charge in [0.25, 0.3) is 0 Å². The number of amides is 3. The van der Waals surface area contributed by atoms with Crippen LogP contribution in [0.3, 0.4) is 0 Å². The number of piperazine rings is 1. The number of nitrogens with zero attached hydrogens (tertiary/aromatic N) is 2. The number of carbonyl (C=O) groups is 3. The van der Waals surface area contributed by atoms with Crippen molar-refractivity contribution in [1.29, 1.82) is 0 Å². The van der Waals surface area contributed by atoms with E-state index in [0.29, 0.717) is 58.3 Å². The van der Waals surface area contributed by atoms with Crippen LogP contribution < -0.4 is 5.32 Å². The Morgan fingerprint density at radius 1 is 0.964 bits per heavy atom. The molecule has 3 rings (SSSR count). The average Bonchev–Trinajstić information content (AvgIpc) is 2.70. The Morgan fingerprint density at radius 3 is 2.11 bits per heavy atom. The predicted octanol–water partition coefficient (Wildman–Crippen LogP) is 2.03. The predicted molar refractivity (Wildman–Crippen MR) is 105 cm³/mol. The number of aliphatic carboxylic acids is 1. The minimum absolute atomic E-state index is 0.0456. The summed E-state index contributed by atoms with van der Waals surface area (Å²) < 4.78 is 0. The summed E-state index contributed by atoms with van der Waals surface area (Å²) in [5, 5.41) is 12.1. The fraction of sp³-hybridized carbons (Fsp3) is 0.571. The highest BCUT2D eigenvalue weighted by molar-refractivity contribution is 5.79. The van der Waals surface area contributed by atoms with Gasteiger partial charge in [0.05, 0.1) is 12.3 Å². The molecule has 0 bridgehead atoms. The molecule has 0 aromatic heterocycles. The van der Waals surface area contributed by atoms with E-state index in [1.165, 1.54) is 5.56 Å². The summed E-state index contributed by atoms with van der Waals surface area (Å²) in [7, 11) is 0. The average molecular weight is 387 g/mol. The Balaban J connectivity index is 1.41. The molecule has 1 aliphatic carbocycles. The van der Waals surface area contributed by atoms with Crippen LogP contribution in [0.15, 0.2) is 24.3 Å². The number of hydrogen-bond acceptors (Lipinski definition) is 3. The number of carbonyl (C=O) groups excluding carboxylic acids is 2. The molecule has 1 saturated heterocycles. The number of nitrogens with one attached hydrogen (secondary N) is 1. The highest BCUT2D eigenvalue weighted by Gasteiger charge is 2.29. The van der Waals surface area contributed by atoms with Gasteiger partial charge in [-0.25, -0.2) is 4.79 Å². The smallest absolute Gasteiger partial charge is 0.317 e. The van der Waals surface area contributed by atoms with E-state index in [1.807, 2.05) is 36.1 Å². The van der Waals surface area contributed by atoms with Gasteiger partial charge in [0.15, 0.2) is 0 Å². The highest BCUT2D eigenvalue weighted by atomic mass is 16.4. The van der Waals surface area contributed by atoms with E-state index < -0.39 is 5.97 Å². The monoisotopic (exact) mass is 387 g/mol. The Kier molecular flexibility index (Phi) is 6.54. The molecule has 152 valence electrons. The normalized spacial score (nSPS) is 22.6. The lowest BCUT2D eigenvalue weighted by molar-refractivity contribution is -0.142. The van der Waals surface area contributed by atoms with Crippen molar-refractivity contribution in [1.82, 2.24) is 15.1 Å². The topological polar surface area (TPSA) is 90.0 Å². The quantitative estimate of drug-likeness (QED) is 0.827. The summed E-state index contributed by atoms with van der Waals surface area (Å²) in [5.41, 5.74) is 2.18. The molecule has 2 aliphatic rings. The molecule has 0 spiro atoms. The summed E-state index contributed by atoms with van der Waals surface area (Å²) in [5.74, 6) is -0.927. The van der Waals surface area contributed by atoms with Crippen molar-refractivity contribution in [3.05, 3.63) is 35.4 Å². The van der Waals surface area contributed by atoms with E-state index in [2.05, 4.69) is 5.32 Å². The van der Waals surface area contributed by atoms with Crippen molar-refractivity contribution in [3.63, 3.8) is 0 Å². The van der Waals surface area contributed by atoms with Crippen LogP contribution in [-0.2, 0) is 16.0 Å². The van der Waals surface area contributed by atoms with Gasteiger partial charge in [0, 0.05) is 32.2 Å². The number of carboxylic acid groups (broad SMARTS) is 1. The fourth-order valence-corrected chi connectivity index (χ4v) is 3.90. The first-order valence-electron chi connectivity index (χ1n) is 10.0. The first-order chi connectivity index (χ1) is 13.4. The number of carboxylic acids is 1. The van der Waals surface area contributed by atoms with Crippen molar-refractivity contribution in [2.75, 3.05) is 26.2 Å². The van der Waals surface area contributed by atoms with Crippen LogP contribution in [0.5, 0.6) is 0 Å².